The number of carbonyl (C=O) groups is 2. The van der Waals surface area contributed by atoms with Gasteiger partial charge in [0.25, 0.3) is 0 Å². The molecule has 0 spiro atoms. The Bertz CT molecular complexity index is 449. The minimum absolute atomic E-state index is 0.0433. The van der Waals surface area contributed by atoms with Gasteiger partial charge in [-0.15, -0.1) is 0 Å². The molecule has 4 nitrogen and oxygen atoms in total. The number of amides is 2. The maximum absolute atomic E-state index is 11.8. The van der Waals surface area contributed by atoms with Gasteiger partial charge in [0, 0.05) is 17.9 Å². The highest BCUT2D eigenvalue weighted by atomic mass is 79.9. The molecule has 0 saturated carbocycles. The van der Waals surface area contributed by atoms with E-state index in [0.717, 1.165) is 17.3 Å². The maximum atomic E-state index is 11.8. The van der Waals surface area contributed by atoms with Crippen LogP contribution in [-0.4, -0.2) is 24.9 Å². The molecular weight excluding hydrogens is 308 g/mol. The Morgan fingerprint density at radius 1 is 1.32 bits per heavy atom. The number of halogens is 1. The number of rotatable bonds is 6. The van der Waals surface area contributed by atoms with Crippen LogP contribution in [0.5, 0.6) is 0 Å². The van der Waals surface area contributed by atoms with Gasteiger partial charge >= 0.3 is 0 Å². The molecule has 2 amide bonds. The average Bonchev–Trinajstić information content (AvgIpc) is 2.37. The third kappa shape index (κ3) is 5.03. The second kappa shape index (κ2) is 7.94. The highest BCUT2D eigenvalue weighted by Gasteiger charge is 2.17. The summed E-state index contributed by atoms with van der Waals surface area (Å²) < 4.78 is 0.798. The van der Waals surface area contributed by atoms with Gasteiger partial charge < -0.3 is 10.2 Å². The molecule has 1 aromatic carbocycles. The molecule has 19 heavy (non-hydrogen) atoms. The number of carbonyl (C=O) groups excluding carboxylic acids is 2. The van der Waals surface area contributed by atoms with Crippen molar-refractivity contribution in [3.63, 3.8) is 0 Å². The van der Waals surface area contributed by atoms with Gasteiger partial charge in [0.2, 0.25) is 11.8 Å². The largest absolute Gasteiger partial charge is 0.355 e. The van der Waals surface area contributed by atoms with Gasteiger partial charge in [0.05, 0.1) is 5.69 Å². The highest BCUT2D eigenvalue weighted by Crippen LogP contribution is 2.25. The van der Waals surface area contributed by atoms with Crippen LogP contribution in [0.1, 0.15) is 26.7 Å². The second-order valence-corrected chi connectivity index (χ2v) is 5.11. The smallest absolute Gasteiger partial charge is 0.240 e. The van der Waals surface area contributed by atoms with Crippen LogP contribution in [0.25, 0.3) is 0 Å². The molecule has 1 aromatic rings. The monoisotopic (exact) mass is 326 g/mol. The zero-order valence-electron chi connectivity index (χ0n) is 11.3. The lowest BCUT2D eigenvalue weighted by molar-refractivity contribution is -0.123. The summed E-state index contributed by atoms with van der Waals surface area (Å²) >= 11 is 3.39. The molecule has 1 rings (SSSR count). The number of para-hydroxylation sites is 1. The van der Waals surface area contributed by atoms with Crippen LogP contribution < -0.4 is 10.2 Å². The molecular formula is C14H19BrN2O2. The zero-order chi connectivity index (χ0) is 14.3. The molecule has 0 saturated heterocycles. The second-order valence-electron chi connectivity index (χ2n) is 4.26. The van der Waals surface area contributed by atoms with E-state index >= 15 is 0 Å². The third-order valence-corrected chi connectivity index (χ3v) is 3.35. The lowest BCUT2D eigenvalue weighted by Gasteiger charge is -2.21. The Morgan fingerprint density at radius 2 is 2.00 bits per heavy atom. The summed E-state index contributed by atoms with van der Waals surface area (Å²) in [5.74, 6) is -0.294. The first kappa shape index (κ1) is 15.7. The quantitative estimate of drug-likeness (QED) is 0.817. The van der Waals surface area contributed by atoms with Crippen molar-refractivity contribution < 1.29 is 9.59 Å². The lowest BCUT2D eigenvalue weighted by Crippen LogP contribution is -2.40. The van der Waals surface area contributed by atoms with Crippen molar-refractivity contribution in [2.24, 2.45) is 0 Å². The van der Waals surface area contributed by atoms with Gasteiger partial charge in [0.15, 0.2) is 0 Å². The van der Waals surface area contributed by atoms with Gasteiger partial charge in [-0.2, -0.15) is 0 Å². The molecule has 0 heterocycles. The zero-order valence-corrected chi connectivity index (χ0v) is 12.9. The predicted octanol–water partition coefficient (Wildman–Crippen LogP) is 2.72. The Kier molecular flexibility index (Phi) is 6.56. The summed E-state index contributed by atoms with van der Waals surface area (Å²) in [6.45, 7) is 4.21. The molecule has 0 radical (unpaired) electrons. The summed E-state index contributed by atoms with van der Waals surface area (Å²) in [6, 6.07) is 7.36. The number of hydrogen-bond acceptors (Lipinski definition) is 2. The Hall–Kier alpha value is -1.36. The van der Waals surface area contributed by atoms with Crippen molar-refractivity contribution in [2.45, 2.75) is 26.7 Å². The van der Waals surface area contributed by atoms with Gasteiger partial charge in [-0.05, 0) is 34.5 Å². The van der Waals surface area contributed by atoms with Gasteiger partial charge in [0.1, 0.15) is 6.54 Å². The number of anilines is 1. The van der Waals surface area contributed by atoms with Gasteiger partial charge in [-0.3, -0.25) is 9.59 Å². The number of nitrogens with zero attached hydrogens (tertiary/aromatic N) is 1. The minimum Gasteiger partial charge on any atom is -0.355 e. The number of nitrogens with one attached hydrogen (secondary N) is 1. The van der Waals surface area contributed by atoms with Crippen molar-refractivity contribution in [2.75, 3.05) is 18.0 Å². The van der Waals surface area contributed by atoms with E-state index in [1.54, 1.807) is 0 Å². The highest BCUT2D eigenvalue weighted by molar-refractivity contribution is 9.10. The van der Waals surface area contributed by atoms with Crippen molar-refractivity contribution in [1.29, 1.82) is 0 Å². The molecule has 5 heteroatoms. The standard InChI is InChI=1S/C14H19BrN2O2/c1-3-4-9-16-14(19)10-17(11(2)18)13-8-6-5-7-12(13)15/h5-8H,3-4,9-10H2,1-2H3,(H,16,19). The molecule has 0 atom stereocenters. The Morgan fingerprint density at radius 3 is 2.58 bits per heavy atom. The third-order valence-electron chi connectivity index (χ3n) is 2.68. The van der Waals surface area contributed by atoms with E-state index in [-0.39, 0.29) is 18.4 Å². The normalized spacial score (nSPS) is 10.1. The van der Waals surface area contributed by atoms with Crippen molar-refractivity contribution >= 4 is 33.4 Å². The Balaban J connectivity index is 2.72. The minimum atomic E-state index is -0.155. The fraction of sp³-hybridized carbons (Fsp3) is 0.429. The molecule has 1 N–H and O–H groups in total. The first-order valence-corrected chi connectivity index (χ1v) is 7.15. The molecule has 0 aliphatic heterocycles. The molecule has 0 aliphatic carbocycles. The van der Waals surface area contributed by atoms with Crippen molar-refractivity contribution in [1.82, 2.24) is 5.32 Å². The molecule has 104 valence electrons. The fourth-order valence-electron chi connectivity index (χ4n) is 1.64. The number of benzene rings is 1. The van der Waals surface area contributed by atoms with E-state index < -0.39 is 0 Å². The molecule has 0 fully saturated rings. The summed E-state index contributed by atoms with van der Waals surface area (Å²) in [6.07, 6.45) is 1.97. The summed E-state index contributed by atoms with van der Waals surface area (Å²) in [5, 5.41) is 2.81. The molecule has 0 unspecified atom stereocenters. The van der Waals surface area contributed by atoms with Gasteiger partial charge in [-0.25, -0.2) is 0 Å². The van der Waals surface area contributed by atoms with Crippen LogP contribution in [0.4, 0.5) is 5.69 Å². The van der Waals surface area contributed by atoms with Crippen LogP contribution in [0.15, 0.2) is 28.7 Å². The Labute approximate surface area is 122 Å². The van der Waals surface area contributed by atoms with Crippen LogP contribution >= 0.6 is 15.9 Å². The topological polar surface area (TPSA) is 49.4 Å². The first-order valence-electron chi connectivity index (χ1n) is 6.35. The molecule has 0 aliphatic rings. The van der Waals surface area contributed by atoms with E-state index in [4.69, 9.17) is 0 Å². The van der Waals surface area contributed by atoms with E-state index in [9.17, 15) is 9.59 Å². The van der Waals surface area contributed by atoms with Crippen LogP contribution in [0.3, 0.4) is 0 Å². The van der Waals surface area contributed by atoms with E-state index in [1.807, 2.05) is 24.3 Å². The summed E-state index contributed by atoms with van der Waals surface area (Å²) in [4.78, 5) is 24.9. The summed E-state index contributed by atoms with van der Waals surface area (Å²) in [7, 11) is 0. The summed E-state index contributed by atoms with van der Waals surface area (Å²) in [5.41, 5.74) is 0.709. The van der Waals surface area contributed by atoms with Crippen molar-refractivity contribution in [3.05, 3.63) is 28.7 Å². The fourth-order valence-corrected chi connectivity index (χ4v) is 2.14. The van der Waals surface area contributed by atoms with E-state index in [0.29, 0.717) is 12.2 Å². The van der Waals surface area contributed by atoms with Crippen molar-refractivity contribution in [3.8, 4) is 0 Å². The average molecular weight is 327 g/mol. The molecule has 0 bridgehead atoms. The van der Waals surface area contributed by atoms with Crippen LogP contribution in [0.2, 0.25) is 0 Å². The lowest BCUT2D eigenvalue weighted by atomic mass is 10.2. The van der Waals surface area contributed by atoms with Crippen LogP contribution in [0, 0.1) is 0 Å². The first-order chi connectivity index (χ1) is 9.06. The van der Waals surface area contributed by atoms with E-state index in [2.05, 4.69) is 28.2 Å². The van der Waals surface area contributed by atoms with Gasteiger partial charge in [-0.1, -0.05) is 25.5 Å². The predicted molar refractivity (Wildman–Crippen MR) is 80.1 cm³/mol. The van der Waals surface area contributed by atoms with Crippen LogP contribution in [-0.2, 0) is 9.59 Å². The maximum Gasteiger partial charge on any atom is 0.240 e. The van der Waals surface area contributed by atoms with E-state index in [1.165, 1.54) is 11.8 Å². The number of unbranched alkanes of at least 4 members (excludes halogenated alkanes) is 1. The SMILES string of the molecule is CCCCNC(=O)CN(C(C)=O)c1ccccc1Br. The number of hydrogen-bond donors (Lipinski definition) is 1. The molecule has 0 aromatic heterocycles.